The SMILES string of the molecule is CCCn1c(SCc2ccc(-n3ccnc3)cc2)nc2ccccc2c1=O. The van der Waals surface area contributed by atoms with Crippen LogP contribution < -0.4 is 5.56 Å². The molecule has 0 aliphatic rings. The van der Waals surface area contributed by atoms with Gasteiger partial charge in [0.25, 0.3) is 5.56 Å². The van der Waals surface area contributed by atoms with Crippen LogP contribution in [0.4, 0.5) is 0 Å². The zero-order chi connectivity index (χ0) is 18.6. The van der Waals surface area contributed by atoms with Crippen LogP contribution in [0.3, 0.4) is 0 Å². The zero-order valence-electron chi connectivity index (χ0n) is 15.1. The highest BCUT2D eigenvalue weighted by molar-refractivity contribution is 7.98. The predicted octanol–water partition coefficient (Wildman–Crippen LogP) is 4.28. The van der Waals surface area contributed by atoms with Crippen molar-refractivity contribution in [3.05, 3.63) is 83.2 Å². The average Bonchev–Trinajstić information content (AvgIpc) is 3.24. The Labute approximate surface area is 161 Å². The third-order valence-corrected chi connectivity index (χ3v) is 5.43. The Morgan fingerprint density at radius 3 is 2.63 bits per heavy atom. The molecule has 0 saturated heterocycles. The van der Waals surface area contributed by atoms with Crippen molar-refractivity contribution in [2.45, 2.75) is 30.8 Å². The number of hydrogen-bond acceptors (Lipinski definition) is 4. The van der Waals surface area contributed by atoms with Crippen LogP contribution in [0.5, 0.6) is 0 Å². The first-order valence-corrected chi connectivity index (χ1v) is 9.94. The van der Waals surface area contributed by atoms with Crippen LogP contribution in [0.25, 0.3) is 16.6 Å². The molecule has 136 valence electrons. The van der Waals surface area contributed by atoms with Crippen molar-refractivity contribution < 1.29 is 0 Å². The fraction of sp³-hybridized carbons (Fsp3) is 0.190. The van der Waals surface area contributed by atoms with E-state index < -0.39 is 0 Å². The molecule has 2 aromatic carbocycles. The molecule has 4 aromatic rings. The molecule has 0 bridgehead atoms. The van der Waals surface area contributed by atoms with E-state index in [1.54, 1.807) is 28.9 Å². The quantitative estimate of drug-likeness (QED) is 0.372. The van der Waals surface area contributed by atoms with Crippen LogP contribution in [0.15, 0.2) is 77.2 Å². The van der Waals surface area contributed by atoms with Gasteiger partial charge in [-0.3, -0.25) is 9.36 Å². The summed E-state index contributed by atoms with van der Waals surface area (Å²) in [6.45, 7) is 2.75. The number of rotatable bonds is 6. The van der Waals surface area contributed by atoms with Crippen molar-refractivity contribution in [2.24, 2.45) is 0 Å². The number of aromatic nitrogens is 4. The molecule has 0 saturated carbocycles. The molecule has 0 unspecified atom stereocenters. The van der Waals surface area contributed by atoms with E-state index in [9.17, 15) is 4.79 Å². The van der Waals surface area contributed by atoms with E-state index in [2.05, 4.69) is 36.2 Å². The third kappa shape index (κ3) is 3.66. The second-order valence-corrected chi connectivity index (χ2v) is 7.24. The molecule has 27 heavy (non-hydrogen) atoms. The van der Waals surface area contributed by atoms with Gasteiger partial charge in [-0.05, 0) is 36.2 Å². The van der Waals surface area contributed by atoms with Gasteiger partial charge in [0.2, 0.25) is 0 Å². The molecule has 0 fully saturated rings. The van der Waals surface area contributed by atoms with Gasteiger partial charge in [0.15, 0.2) is 5.16 Å². The van der Waals surface area contributed by atoms with Gasteiger partial charge in [-0.1, -0.05) is 43.0 Å². The minimum atomic E-state index is 0.0420. The van der Waals surface area contributed by atoms with E-state index in [0.29, 0.717) is 11.9 Å². The number of fused-ring (bicyclic) bond motifs is 1. The Kier molecular flexibility index (Phi) is 5.07. The molecule has 6 heteroatoms. The first-order valence-electron chi connectivity index (χ1n) is 8.96. The van der Waals surface area contributed by atoms with Gasteiger partial charge >= 0.3 is 0 Å². The maximum Gasteiger partial charge on any atom is 0.262 e. The molecule has 0 amide bonds. The molecule has 0 aliphatic heterocycles. The first kappa shape index (κ1) is 17.5. The third-order valence-electron chi connectivity index (χ3n) is 4.38. The largest absolute Gasteiger partial charge is 0.306 e. The number of benzene rings is 2. The fourth-order valence-electron chi connectivity index (χ4n) is 3.00. The molecule has 0 radical (unpaired) electrons. The lowest BCUT2D eigenvalue weighted by Gasteiger charge is -2.12. The van der Waals surface area contributed by atoms with E-state index in [1.165, 1.54) is 5.56 Å². The number of hydrogen-bond donors (Lipinski definition) is 0. The van der Waals surface area contributed by atoms with Crippen LogP contribution in [0.1, 0.15) is 18.9 Å². The Balaban J connectivity index is 1.59. The molecule has 2 heterocycles. The van der Waals surface area contributed by atoms with Crippen molar-refractivity contribution in [1.82, 2.24) is 19.1 Å². The summed E-state index contributed by atoms with van der Waals surface area (Å²) in [5.74, 6) is 0.763. The number of thioether (sulfide) groups is 1. The lowest BCUT2D eigenvalue weighted by molar-refractivity contribution is 0.585. The van der Waals surface area contributed by atoms with E-state index >= 15 is 0 Å². The normalized spacial score (nSPS) is 11.1. The molecular formula is C21H20N4OS. The van der Waals surface area contributed by atoms with E-state index in [-0.39, 0.29) is 5.56 Å². The van der Waals surface area contributed by atoms with Crippen molar-refractivity contribution >= 4 is 22.7 Å². The Hall–Kier alpha value is -2.86. The van der Waals surface area contributed by atoms with Crippen LogP contribution in [-0.4, -0.2) is 19.1 Å². The van der Waals surface area contributed by atoms with Gasteiger partial charge in [-0.15, -0.1) is 0 Å². The highest BCUT2D eigenvalue weighted by Crippen LogP contribution is 2.23. The topological polar surface area (TPSA) is 52.7 Å². The number of imidazole rings is 1. The molecule has 2 aromatic heterocycles. The molecule has 4 rings (SSSR count). The molecule has 5 nitrogen and oxygen atoms in total. The molecule has 0 atom stereocenters. The minimum Gasteiger partial charge on any atom is -0.306 e. The van der Waals surface area contributed by atoms with Gasteiger partial charge in [0, 0.05) is 30.4 Å². The summed E-state index contributed by atoms with van der Waals surface area (Å²) < 4.78 is 3.77. The summed E-state index contributed by atoms with van der Waals surface area (Å²) in [4.78, 5) is 21.6. The van der Waals surface area contributed by atoms with E-state index in [0.717, 1.165) is 28.5 Å². The second-order valence-electron chi connectivity index (χ2n) is 6.29. The van der Waals surface area contributed by atoms with Crippen LogP contribution in [0, 0.1) is 0 Å². The van der Waals surface area contributed by atoms with Crippen molar-refractivity contribution in [3.63, 3.8) is 0 Å². The van der Waals surface area contributed by atoms with Crippen molar-refractivity contribution in [3.8, 4) is 5.69 Å². The van der Waals surface area contributed by atoms with Crippen LogP contribution in [-0.2, 0) is 12.3 Å². The van der Waals surface area contributed by atoms with Crippen molar-refractivity contribution in [1.29, 1.82) is 0 Å². The number of para-hydroxylation sites is 1. The molecule has 0 spiro atoms. The van der Waals surface area contributed by atoms with Gasteiger partial charge in [0.05, 0.1) is 17.2 Å². The standard InChI is InChI=1S/C21H20N4OS/c1-2-12-25-20(26)18-5-3-4-6-19(18)23-21(25)27-14-16-7-9-17(10-8-16)24-13-11-22-15-24/h3-11,13,15H,2,12,14H2,1H3. The average molecular weight is 376 g/mol. The molecular weight excluding hydrogens is 356 g/mol. The summed E-state index contributed by atoms with van der Waals surface area (Å²) in [6.07, 6.45) is 6.37. The highest BCUT2D eigenvalue weighted by atomic mass is 32.2. The predicted molar refractivity (Wildman–Crippen MR) is 109 cm³/mol. The minimum absolute atomic E-state index is 0.0420. The Bertz CT molecular complexity index is 1100. The van der Waals surface area contributed by atoms with Gasteiger partial charge in [-0.25, -0.2) is 9.97 Å². The first-order chi connectivity index (χ1) is 13.3. The highest BCUT2D eigenvalue weighted by Gasteiger charge is 2.11. The van der Waals surface area contributed by atoms with Gasteiger partial charge in [-0.2, -0.15) is 0 Å². The van der Waals surface area contributed by atoms with E-state index in [1.807, 2.05) is 35.0 Å². The summed E-state index contributed by atoms with van der Waals surface area (Å²) >= 11 is 1.61. The summed E-state index contributed by atoms with van der Waals surface area (Å²) in [5, 5.41) is 1.46. The van der Waals surface area contributed by atoms with Gasteiger partial charge in [0.1, 0.15) is 0 Å². The smallest absolute Gasteiger partial charge is 0.262 e. The lowest BCUT2D eigenvalue weighted by atomic mass is 10.2. The number of nitrogens with zero attached hydrogens (tertiary/aromatic N) is 4. The summed E-state index contributed by atoms with van der Waals surface area (Å²) in [7, 11) is 0. The zero-order valence-corrected chi connectivity index (χ0v) is 15.9. The Morgan fingerprint density at radius 1 is 1.07 bits per heavy atom. The summed E-state index contributed by atoms with van der Waals surface area (Å²) in [6, 6.07) is 15.9. The molecule has 0 aliphatic carbocycles. The Morgan fingerprint density at radius 2 is 1.89 bits per heavy atom. The second kappa shape index (κ2) is 7.80. The van der Waals surface area contributed by atoms with Crippen LogP contribution >= 0.6 is 11.8 Å². The maximum atomic E-state index is 12.8. The maximum absolute atomic E-state index is 12.8. The van der Waals surface area contributed by atoms with Crippen molar-refractivity contribution in [2.75, 3.05) is 0 Å². The summed E-state index contributed by atoms with van der Waals surface area (Å²) in [5.41, 5.74) is 3.07. The lowest BCUT2D eigenvalue weighted by Crippen LogP contribution is -2.23. The van der Waals surface area contributed by atoms with E-state index in [4.69, 9.17) is 4.98 Å². The monoisotopic (exact) mass is 376 g/mol. The fourth-order valence-corrected chi connectivity index (χ4v) is 3.98. The molecule has 0 N–H and O–H groups in total. The van der Waals surface area contributed by atoms with Crippen LogP contribution in [0.2, 0.25) is 0 Å². The van der Waals surface area contributed by atoms with Gasteiger partial charge < -0.3 is 4.57 Å².